The molecule has 0 saturated carbocycles. The molecule has 0 radical (unpaired) electrons. The lowest BCUT2D eigenvalue weighted by Gasteiger charge is -2.15. The number of nitrogens with one attached hydrogen (secondary N) is 2. The summed E-state index contributed by atoms with van der Waals surface area (Å²) in [5.74, 6) is 0.787. The summed E-state index contributed by atoms with van der Waals surface area (Å²) < 4.78 is 42.5. The number of hydrogen-bond donors (Lipinski definition) is 2. The molecule has 0 aliphatic carbocycles. The third-order valence-electron chi connectivity index (χ3n) is 3.41. The van der Waals surface area contributed by atoms with Gasteiger partial charge in [0, 0.05) is 6.07 Å². The van der Waals surface area contributed by atoms with Crippen LogP contribution in [-0.4, -0.2) is 34.6 Å². The molecule has 0 bridgehead atoms. The molecule has 136 valence electrons. The lowest BCUT2D eigenvalue weighted by Crippen LogP contribution is -2.44. The summed E-state index contributed by atoms with van der Waals surface area (Å²) in [5.41, 5.74) is 0. The van der Waals surface area contributed by atoms with Crippen LogP contribution < -0.4 is 19.5 Å². The van der Waals surface area contributed by atoms with E-state index in [1.54, 1.807) is 12.1 Å². The van der Waals surface area contributed by atoms with Crippen molar-refractivity contribution in [3.05, 3.63) is 42.4 Å². The van der Waals surface area contributed by atoms with E-state index in [-0.39, 0.29) is 17.2 Å². The Morgan fingerprint density at radius 2 is 1.92 bits per heavy atom. The second-order valence-corrected chi connectivity index (χ2v) is 6.87. The van der Waals surface area contributed by atoms with Crippen molar-refractivity contribution < 1.29 is 27.1 Å². The van der Waals surface area contributed by atoms with Crippen LogP contribution in [-0.2, 0) is 21.4 Å². The molecule has 1 aromatic carbocycles. The van der Waals surface area contributed by atoms with Gasteiger partial charge in [0.1, 0.15) is 5.76 Å². The Balaban J connectivity index is 2.05. The quantitative estimate of drug-likeness (QED) is 0.727. The van der Waals surface area contributed by atoms with Gasteiger partial charge in [0.25, 0.3) is 0 Å². The number of rotatable bonds is 8. The fourth-order valence-corrected chi connectivity index (χ4v) is 3.30. The van der Waals surface area contributed by atoms with Crippen molar-refractivity contribution in [3.8, 4) is 11.5 Å². The van der Waals surface area contributed by atoms with E-state index in [1.807, 2.05) is 0 Å². The maximum Gasteiger partial charge on any atom is 0.241 e. The lowest BCUT2D eigenvalue weighted by atomic mass is 10.3. The molecule has 2 aromatic rings. The van der Waals surface area contributed by atoms with E-state index in [0.717, 1.165) is 0 Å². The molecule has 1 amide bonds. The Hall–Kier alpha value is -2.52. The summed E-state index contributed by atoms with van der Waals surface area (Å²) in [4.78, 5) is 12.0. The first-order valence-electron chi connectivity index (χ1n) is 7.42. The van der Waals surface area contributed by atoms with Crippen LogP contribution >= 0.6 is 0 Å². The molecular formula is C16H20N2O6S. The fourth-order valence-electron chi connectivity index (χ4n) is 2.08. The van der Waals surface area contributed by atoms with Gasteiger partial charge in [0.2, 0.25) is 15.9 Å². The number of ether oxygens (including phenoxy) is 2. The summed E-state index contributed by atoms with van der Waals surface area (Å²) >= 11 is 0. The second kappa shape index (κ2) is 8.04. The zero-order valence-electron chi connectivity index (χ0n) is 14.1. The largest absolute Gasteiger partial charge is 0.493 e. The third-order valence-corrected chi connectivity index (χ3v) is 4.95. The second-order valence-electron chi connectivity index (χ2n) is 5.16. The standard InChI is InChI=1S/C16H20N2O6S/c1-11(16(19)17-10-12-5-4-8-24-12)18-25(20,21)13-6-7-14(22-2)15(9-13)23-3/h4-9,11,18H,10H2,1-3H3,(H,17,19)/t11-/m1/s1. The first kappa shape index (κ1) is 18.8. The van der Waals surface area contributed by atoms with Crippen LogP contribution in [0.4, 0.5) is 0 Å². The van der Waals surface area contributed by atoms with Crippen LogP contribution in [0.1, 0.15) is 12.7 Å². The summed E-state index contributed by atoms with van der Waals surface area (Å²) in [6.07, 6.45) is 1.49. The predicted octanol–water partition coefficient (Wildman–Crippen LogP) is 1.28. The van der Waals surface area contributed by atoms with E-state index in [4.69, 9.17) is 13.9 Å². The Kier molecular flexibility index (Phi) is 6.05. The summed E-state index contributed by atoms with van der Waals surface area (Å²) in [5, 5.41) is 2.60. The van der Waals surface area contributed by atoms with Gasteiger partial charge in [0.15, 0.2) is 11.5 Å². The first-order valence-corrected chi connectivity index (χ1v) is 8.90. The van der Waals surface area contributed by atoms with Crippen molar-refractivity contribution in [1.29, 1.82) is 0 Å². The van der Waals surface area contributed by atoms with E-state index in [0.29, 0.717) is 11.5 Å². The van der Waals surface area contributed by atoms with Crippen molar-refractivity contribution in [3.63, 3.8) is 0 Å². The Bertz CT molecular complexity index is 817. The van der Waals surface area contributed by atoms with Gasteiger partial charge in [-0.05, 0) is 31.2 Å². The fraction of sp³-hybridized carbons (Fsp3) is 0.312. The van der Waals surface area contributed by atoms with Crippen LogP contribution in [0, 0.1) is 0 Å². The van der Waals surface area contributed by atoms with E-state index in [1.165, 1.54) is 45.6 Å². The maximum atomic E-state index is 12.4. The molecule has 0 aliphatic rings. The van der Waals surface area contributed by atoms with Gasteiger partial charge in [-0.1, -0.05) is 0 Å². The number of hydrogen-bond acceptors (Lipinski definition) is 6. The van der Waals surface area contributed by atoms with Gasteiger partial charge in [-0.2, -0.15) is 4.72 Å². The highest BCUT2D eigenvalue weighted by Gasteiger charge is 2.23. The number of sulfonamides is 1. The molecule has 0 saturated heterocycles. The van der Waals surface area contributed by atoms with E-state index in [2.05, 4.69) is 10.0 Å². The predicted molar refractivity (Wildman–Crippen MR) is 89.9 cm³/mol. The van der Waals surface area contributed by atoms with Crippen molar-refractivity contribution in [2.24, 2.45) is 0 Å². The minimum Gasteiger partial charge on any atom is -0.493 e. The molecule has 0 unspecified atom stereocenters. The molecule has 2 rings (SSSR count). The van der Waals surface area contributed by atoms with Crippen molar-refractivity contribution in [2.45, 2.75) is 24.4 Å². The van der Waals surface area contributed by atoms with Crippen LogP contribution in [0.25, 0.3) is 0 Å². The molecule has 1 aromatic heterocycles. The van der Waals surface area contributed by atoms with E-state index < -0.39 is 22.0 Å². The third kappa shape index (κ3) is 4.74. The average Bonchev–Trinajstić information content (AvgIpc) is 3.12. The number of benzene rings is 1. The number of carbonyl (C=O) groups excluding carboxylic acids is 1. The van der Waals surface area contributed by atoms with Crippen LogP contribution in [0.5, 0.6) is 11.5 Å². The smallest absolute Gasteiger partial charge is 0.241 e. The topological polar surface area (TPSA) is 107 Å². The molecule has 8 nitrogen and oxygen atoms in total. The number of methoxy groups -OCH3 is 2. The van der Waals surface area contributed by atoms with Gasteiger partial charge in [-0.25, -0.2) is 8.42 Å². The monoisotopic (exact) mass is 368 g/mol. The van der Waals surface area contributed by atoms with Crippen LogP contribution in [0.15, 0.2) is 45.9 Å². The van der Waals surface area contributed by atoms with Gasteiger partial charge in [0.05, 0.1) is 38.0 Å². The van der Waals surface area contributed by atoms with Gasteiger partial charge in [-0.3, -0.25) is 4.79 Å². The van der Waals surface area contributed by atoms with Crippen molar-refractivity contribution in [1.82, 2.24) is 10.0 Å². The van der Waals surface area contributed by atoms with E-state index in [9.17, 15) is 13.2 Å². The number of amides is 1. The van der Waals surface area contributed by atoms with Gasteiger partial charge >= 0.3 is 0 Å². The summed E-state index contributed by atoms with van der Waals surface area (Å²) in [7, 11) is -1.04. The lowest BCUT2D eigenvalue weighted by molar-refractivity contribution is -0.122. The summed E-state index contributed by atoms with van der Waals surface area (Å²) in [6, 6.07) is 6.62. The molecule has 1 heterocycles. The Morgan fingerprint density at radius 3 is 2.52 bits per heavy atom. The van der Waals surface area contributed by atoms with Crippen molar-refractivity contribution >= 4 is 15.9 Å². The number of carbonyl (C=O) groups is 1. The molecule has 2 N–H and O–H groups in total. The van der Waals surface area contributed by atoms with Gasteiger partial charge < -0.3 is 19.2 Å². The van der Waals surface area contributed by atoms with Crippen LogP contribution in [0.3, 0.4) is 0 Å². The van der Waals surface area contributed by atoms with Crippen LogP contribution in [0.2, 0.25) is 0 Å². The van der Waals surface area contributed by atoms with E-state index >= 15 is 0 Å². The summed E-state index contributed by atoms with van der Waals surface area (Å²) in [6.45, 7) is 1.63. The highest BCUT2D eigenvalue weighted by molar-refractivity contribution is 7.89. The Morgan fingerprint density at radius 1 is 1.20 bits per heavy atom. The molecule has 0 fully saturated rings. The molecule has 25 heavy (non-hydrogen) atoms. The highest BCUT2D eigenvalue weighted by atomic mass is 32.2. The average molecular weight is 368 g/mol. The normalized spacial score (nSPS) is 12.4. The zero-order chi connectivity index (χ0) is 18.4. The molecule has 9 heteroatoms. The molecule has 0 spiro atoms. The maximum absolute atomic E-state index is 12.4. The molecule has 0 aliphatic heterocycles. The minimum atomic E-state index is -3.90. The molecular weight excluding hydrogens is 348 g/mol. The minimum absolute atomic E-state index is 0.0316. The Labute approximate surface area is 146 Å². The van der Waals surface area contributed by atoms with Gasteiger partial charge in [-0.15, -0.1) is 0 Å². The highest BCUT2D eigenvalue weighted by Crippen LogP contribution is 2.29. The zero-order valence-corrected chi connectivity index (χ0v) is 14.9. The molecule has 1 atom stereocenters. The first-order chi connectivity index (χ1) is 11.9. The SMILES string of the molecule is COc1ccc(S(=O)(=O)N[C@H](C)C(=O)NCc2ccco2)cc1OC. The van der Waals surface area contributed by atoms with Crippen molar-refractivity contribution in [2.75, 3.05) is 14.2 Å². The number of furan rings is 1.